The van der Waals surface area contributed by atoms with Gasteiger partial charge in [0.15, 0.2) is 5.82 Å². The van der Waals surface area contributed by atoms with E-state index in [1.807, 2.05) is 12.1 Å². The second-order valence-electron chi connectivity index (χ2n) is 5.34. The summed E-state index contributed by atoms with van der Waals surface area (Å²) < 4.78 is 14.2. The van der Waals surface area contributed by atoms with Crippen LogP contribution in [0.4, 0.5) is 10.2 Å². The van der Waals surface area contributed by atoms with Gasteiger partial charge in [-0.3, -0.25) is 4.79 Å². The predicted molar refractivity (Wildman–Crippen MR) is 93.9 cm³/mol. The van der Waals surface area contributed by atoms with E-state index in [9.17, 15) is 9.18 Å². The summed E-state index contributed by atoms with van der Waals surface area (Å²) in [6, 6.07) is 8.09. The number of halogens is 2. The lowest BCUT2D eigenvalue weighted by Gasteiger charge is -2.22. The molecular weight excluding hydrogens is 410 g/mol. The van der Waals surface area contributed by atoms with Gasteiger partial charge in [0.05, 0.1) is 5.56 Å². The monoisotopic (exact) mass is 426 g/mol. The summed E-state index contributed by atoms with van der Waals surface area (Å²) in [5.74, 6) is 0.321. The molecule has 0 aliphatic carbocycles. The maximum atomic E-state index is 13.4. The Hall–Kier alpha value is -1.77. The SMILES string of the molecule is O=C(c1cc(F)ccc1I)N1CCCN(c2cccnn2)CC1. The van der Waals surface area contributed by atoms with E-state index in [4.69, 9.17) is 0 Å². The van der Waals surface area contributed by atoms with Crippen molar-refractivity contribution in [3.63, 3.8) is 0 Å². The first-order valence-electron chi connectivity index (χ1n) is 7.42. The van der Waals surface area contributed by atoms with Gasteiger partial charge in [0, 0.05) is 35.9 Å². The highest BCUT2D eigenvalue weighted by Crippen LogP contribution is 2.18. The highest BCUT2D eigenvalue weighted by molar-refractivity contribution is 14.1. The molecule has 1 aliphatic rings. The van der Waals surface area contributed by atoms with Crippen LogP contribution in [0.2, 0.25) is 0 Å². The van der Waals surface area contributed by atoms with Gasteiger partial charge in [-0.15, -0.1) is 5.10 Å². The van der Waals surface area contributed by atoms with Gasteiger partial charge in [0.2, 0.25) is 0 Å². The standard InChI is InChI=1S/C16H16FIN4O/c17-12-4-5-14(18)13(11-12)16(23)22-8-2-7-21(9-10-22)15-3-1-6-19-20-15/h1,3-6,11H,2,7-10H2. The normalized spacial score (nSPS) is 15.4. The molecule has 2 heterocycles. The van der Waals surface area contributed by atoms with Crippen LogP contribution in [0.3, 0.4) is 0 Å². The van der Waals surface area contributed by atoms with E-state index < -0.39 is 0 Å². The number of benzene rings is 1. The molecule has 1 aliphatic heterocycles. The van der Waals surface area contributed by atoms with Crippen molar-refractivity contribution in [3.05, 3.63) is 51.5 Å². The average molecular weight is 426 g/mol. The van der Waals surface area contributed by atoms with Gasteiger partial charge in [0.25, 0.3) is 5.91 Å². The Morgan fingerprint density at radius 2 is 2.04 bits per heavy atom. The Labute approximate surface area is 147 Å². The second kappa shape index (κ2) is 7.20. The Balaban J connectivity index is 1.73. The van der Waals surface area contributed by atoms with Crippen molar-refractivity contribution in [1.82, 2.24) is 15.1 Å². The van der Waals surface area contributed by atoms with E-state index in [-0.39, 0.29) is 11.7 Å². The van der Waals surface area contributed by atoms with Crippen molar-refractivity contribution in [3.8, 4) is 0 Å². The number of aromatic nitrogens is 2. The fraction of sp³-hybridized carbons (Fsp3) is 0.312. The van der Waals surface area contributed by atoms with E-state index in [0.29, 0.717) is 25.2 Å². The number of hydrogen-bond donors (Lipinski definition) is 0. The van der Waals surface area contributed by atoms with Crippen molar-refractivity contribution >= 4 is 34.3 Å². The van der Waals surface area contributed by atoms with E-state index in [1.54, 1.807) is 17.2 Å². The summed E-state index contributed by atoms with van der Waals surface area (Å²) in [6.07, 6.45) is 2.48. The van der Waals surface area contributed by atoms with Crippen LogP contribution in [0.15, 0.2) is 36.5 Å². The second-order valence-corrected chi connectivity index (χ2v) is 6.50. The Kier molecular flexibility index (Phi) is 5.04. The number of hydrogen-bond acceptors (Lipinski definition) is 4. The quantitative estimate of drug-likeness (QED) is 0.693. The zero-order valence-electron chi connectivity index (χ0n) is 12.5. The maximum absolute atomic E-state index is 13.4. The summed E-state index contributed by atoms with van der Waals surface area (Å²) in [7, 11) is 0. The van der Waals surface area contributed by atoms with E-state index in [1.165, 1.54) is 12.1 Å². The molecule has 3 rings (SSSR count). The predicted octanol–water partition coefficient (Wildman–Crippen LogP) is 2.57. The van der Waals surface area contributed by atoms with E-state index in [2.05, 4.69) is 37.7 Å². The molecule has 120 valence electrons. The zero-order chi connectivity index (χ0) is 16.2. The number of rotatable bonds is 2. The summed E-state index contributed by atoms with van der Waals surface area (Å²) >= 11 is 2.07. The molecule has 0 spiro atoms. The minimum absolute atomic E-state index is 0.116. The van der Waals surface area contributed by atoms with Gasteiger partial charge in [0.1, 0.15) is 5.82 Å². The number of carbonyl (C=O) groups excluding carboxylic acids is 1. The Morgan fingerprint density at radius 3 is 2.83 bits per heavy atom. The molecule has 0 bridgehead atoms. The molecule has 1 aromatic carbocycles. The average Bonchev–Trinajstić information content (AvgIpc) is 2.83. The first-order valence-corrected chi connectivity index (χ1v) is 8.50. The van der Waals surface area contributed by atoms with Gasteiger partial charge in [-0.25, -0.2) is 4.39 Å². The summed E-state index contributed by atoms with van der Waals surface area (Å²) in [5.41, 5.74) is 0.429. The smallest absolute Gasteiger partial charge is 0.255 e. The van der Waals surface area contributed by atoms with E-state index >= 15 is 0 Å². The van der Waals surface area contributed by atoms with Gasteiger partial charge in [-0.05, 0) is 59.3 Å². The molecule has 7 heteroatoms. The first-order chi connectivity index (χ1) is 11.1. The zero-order valence-corrected chi connectivity index (χ0v) is 14.6. The third-order valence-corrected chi connectivity index (χ3v) is 4.76. The fourth-order valence-corrected chi connectivity index (χ4v) is 3.21. The molecule has 0 radical (unpaired) electrons. The van der Waals surface area contributed by atoms with Crippen LogP contribution in [0.5, 0.6) is 0 Å². The molecule has 0 saturated carbocycles. The lowest BCUT2D eigenvalue weighted by Crippen LogP contribution is -2.35. The largest absolute Gasteiger partial charge is 0.353 e. The summed E-state index contributed by atoms with van der Waals surface area (Å²) in [6.45, 7) is 2.75. The molecule has 0 N–H and O–H groups in total. The van der Waals surface area contributed by atoms with Crippen LogP contribution in [0.25, 0.3) is 0 Å². The molecule has 1 fully saturated rings. The molecule has 5 nitrogen and oxygen atoms in total. The van der Waals surface area contributed by atoms with Gasteiger partial charge in [-0.2, -0.15) is 5.10 Å². The molecule has 1 amide bonds. The third kappa shape index (κ3) is 3.77. The van der Waals surface area contributed by atoms with Crippen LogP contribution < -0.4 is 4.90 Å². The van der Waals surface area contributed by atoms with Crippen molar-refractivity contribution in [1.29, 1.82) is 0 Å². The number of nitrogens with zero attached hydrogens (tertiary/aromatic N) is 4. The van der Waals surface area contributed by atoms with Crippen molar-refractivity contribution in [2.24, 2.45) is 0 Å². The van der Waals surface area contributed by atoms with Crippen LogP contribution in [0.1, 0.15) is 16.8 Å². The Morgan fingerprint density at radius 1 is 1.17 bits per heavy atom. The summed E-state index contributed by atoms with van der Waals surface area (Å²) in [5, 5.41) is 8.02. The van der Waals surface area contributed by atoms with Crippen molar-refractivity contribution in [2.45, 2.75) is 6.42 Å². The lowest BCUT2D eigenvalue weighted by molar-refractivity contribution is 0.0765. The first kappa shape index (κ1) is 16.1. The van der Waals surface area contributed by atoms with Gasteiger partial charge >= 0.3 is 0 Å². The minimum atomic E-state index is -0.384. The third-order valence-electron chi connectivity index (χ3n) is 3.82. The maximum Gasteiger partial charge on any atom is 0.255 e. The molecule has 0 unspecified atom stereocenters. The van der Waals surface area contributed by atoms with Crippen LogP contribution in [-0.4, -0.2) is 47.2 Å². The number of anilines is 1. The molecule has 1 saturated heterocycles. The van der Waals surface area contributed by atoms with Gasteiger partial charge in [-0.1, -0.05) is 0 Å². The van der Waals surface area contributed by atoms with Crippen molar-refractivity contribution < 1.29 is 9.18 Å². The molecule has 2 aromatic rings. The highest BCUT2D eigenvalue weighted by atomic mass is 127. The van der Waals surface area contributed by atoms with Gasteiger partial charge < -0.3 is 9.80 Å². The molecule has 0 atom stereocenters. The highest BCUT2D eigenvalue weighted by Gasteiger charge is 2.22. The fourth-order valence-electron chi connectivity index (χ4n) is 2.64. The van der Waals surface area contributed by atoms with Crippen LogP contribution >= 0.6 is 22.6 Å². The minimum Gasteiger partial charge on any atom is -0.353 e. The van der Waals surface area contributed by atoms with Crippen molar-refractivity contribution in [2.75, 3.05) is 31.1 Å². The molecule has 23 heavy (non-hydrogen) atoms. The molecular formula is C16H16FIN4O. The lowest BCUT2D eigenvalue weighted by atomic mass is 10.2. The topological polar surface area (TPSA) is 49.3 Å². The van der Waals surface area contributed by atoms with E-state index in [0.717, 1.165) is 22.4 Å². The Bertz CT molecular complexity index is 698. The number of carbonyl (C=O) groups is 1. The van der Waals surface area contributed by atoms with Crippen LogP contribution in [-0.2, 0) is 0 Å². The molecule has 1 aromatic heterocycles. The number of amides is 1. The summed E-state index contributed by atoms with van der Waals surface area (Å²) in [4.78, 5) is 16.6. The van der Waals surface area contributed by atoms with Crippen LogP contribution in [0, 0.1) is 9.39 Å².